The summed E-state index contributed by atoms with van der Waals surface area (Å²) in [7, 11) is 0. The van der Waals surface area contributed by atoms with Crippen LogP contribution < -0.4 is 10.5 Å². The minimum atomic E-state index is -4.69. The number of halogens is 3. The Balaban J connectivity index is 1.97. The number of allylic oxidation sites excluding steroid dienone is 4. The van der Waals surface area contributed by atoms with E-state index in [1.165, 1.54) is 12.2 Å². The molecule has 6 heteroatoms. The van der Waals surface area contributed by atoms with Crippen LogP contribution in [-0.4, -0.2) is 13.0 Å². The molecule has 22 heavy (non-hydrogen) atoms. The van der Waals surface area contributed by atoms with Gasteiger partial charge in [-0.15, -0.1) is 13.2 Å². The summed E-state index contributed by atoms with van der Waals surface area (Å²) in [6.07, 6.45) is 1.58. The van der Waals surface area contributed by atoms with E-state index in [-0.39, 0.29) is 12.4 Å². The van der Waals surface area contributed by atoms with Gasteiger partial charge in [0.25, 0.3) is 0 Å². The van der Waals surface area contributed by atoms with Crippen molar-refractivity contribution in [3.8, 4) is 5.75 Å². The monoisotopic (exact) mass is 311 g/mol. The van der Waals surface area contributed by atoms with Gasteiger partial charge in [0.05, 0.1) is 0 Å². The lowest BCUT2D eigenvalue weighted by molar-refractivity contribution is -0.303. The average molecular weight is 311 g/mol. The Morgan fingerprint density at radius 1 is 1.18 bits per heavy atom. The number of ether oxygens (including phenoxy) is 2. The maximum atomic E-state index is 12.2. The van der Waals surface area contributed by atoms with Crippen LogP contribution in [-0.2, 0) is 11.3 Å². The van der Waals surface area contributed by atoms with Gasteiger partial charge in [-0.1, -0.05) is 24.3 Å². The molecule has 1 aromatic rings. The molecule has 2 rings (SSSR count). The Hall–Kier alpha value is -2.21. The molecule has 0 heterocycles. The Morgan fingerprint density at radius 2 is 2.00 bits per heavy atom. The van der Waals surface area contributed by atoms with Crippen molar-refractivity contribution < 1.29 is 22.6 Å². The van der Waals surface area contributed by atoms with Crippen LogP contribution in [0.25, 0.3) is 0 Å². The first-order valence-electron chi connectivity index (χ1n) is 6.70. The van der Waals surface area contributed by atoms with Crippen molar-refractivity contribution >= 4 is 0 Å². The Kier molecular flexibility index (Phi) is 5.27. The van der Waals surface area contributed by atoms with E-state index in [1.807, 2.05) is 18.2 Å². The van der Waals surface area contributed by atoms with Crippen molar-refractivity contribution in [1.82, 2.24) is 0 Å². The van der Waals surface area contributed by atoms with E-state index in [0.29, 0.717) is 18.7 Å². The van der Waals surface area contributed by atoms with E-state index >= 15 is 0 Å². The zero-order valence-electron chi connectivity index (χ0n) is 11.8. The maximum absolute atomic E-state index is 12.2. The smallest absolute Gasteiger partial charge is 0.489 e. The lowest BCUT2D eigenvalue weighted by Crippen LogP contribution is -2.11. The van der Waals surface area contributed by atoms with E-state index in [9.17, 15) is 13.2 Å². The third-order valence-electron chi connectivity index (χ3n) is 2.94. The average Bonchev–Trinajstić information content (AvgIpc) is 2.69. The molecular formula is C16H16F3NO2. The fourth-order valence-electron chi connectivity index (χ4n) is 1.90. The van der Waals surface area contributed by atoms with E-state index in [4.69, 9.17) is 10.5 Å². The maximum Gasteiger partial charge on any atom is 0.573 e. The second-order valence-corrected chi connectivity index (χ2v) is 4.69. The number of nitrogens with two attached hydrogens (primary N) is 1. The van der Waals surface area contributed by atoms with E-state index in [1.54, 1.807) is 18.2 Å². The van der Waals surface area contributed by atoms with Gasteiger partial charge in [0.2, 0.25) is 0 Å². The van der Waals surface area contributed by atoms with Gasteiger partial charge in [-0.2, -0.15) is 0 Å². The van der Waals surface area contributed by atoms with Gasteiger partial charge in [0, 0.05) is 6.54 Å². The van der Waals surface area contributed by atoms with Gasteiger partial charge < -0.3 is 15.2 Å². The molecule has 0 aromatic heterocycles. The minimum absolute atomic E-state index is 0.243. The molecule has 1 aliphatic rings. The van der Waals surface area contributed by atoms with Crippen molar-refractivity contribution in [3.63, 3.8) is 0 Å². The van der Waals surface area contributed by atoms with Gasteiger partial charge in [-0.25, -0.2) is 0 Å². The Bertz CT molecular complexity index is 604. The van der Waals surface area contributed by atoms with Crippen molar-refractivity contribution in [1.29, 1.82) is 0 Å². The van der Waals surface area contributed by atoms with Gasteiger partial charge >= 0.3 is 6.36 Å². The lowest BCUT2D eigenvalue weighted by atomic mass is 10.2. The number of benzene rings is 1. The lowest BCUT2D eigenvalue weighted by Gasteiger charge is -2.09. The van der Waals surface area contributed by atoms with Crippen LogP contribution in [0.3, 0.4) is 0 Å². The molecule has 118 valence electrons. The fraction of sp³-hybridized carbons (Fsp3) is 0.250. The summed E-state index contributed by atoms with van der Waals surface area (Å²) in [6, 6.07) is 7.37. The van der Waals surface area contributed by atoms with Crippen molar-refractivity contribution in [2.75, 3.05) is 6.61 Å². The van der Waals surface area contributed by atoms with Gasteiger partial charge in [0.1, 0.15) is 18.1 Å². The van der Waals surface area contributed by atoms with Crippen LogP contribution in [0, 0.1) is 0 Å². The van der Waals surface area contributed by atoms with E-state index in [2.05, 4.69) is 4.74 Å². The Labute approximate surface area is 126 Å². The van der Waals surface area contributed by atoms with E-state index < -0.39 is 6.36 Å². The molecule has 1 aromatic carbocycles. The summed E-state index contributed by atoms with van der Waals surface area (Å²) >= 11 is 0. The van der Waals surface area contributed by atoms with Crippen LogP contribution in [0.1, 0.15) is 12.0 Å². The van der Waals surface area contributed by atoms with Crippen LogP contribution in [0.15, 0.2) is 59.9 Å². The van der Waals surface area contributed by atoms with Gasteiger partial charge in [0.15, 0.2) is 0 Å². The highest BCUT2D eigenvalue weighted by Crippen LogP contribution is 2.23. The predicted octanol–water partition coefficient (Wildman–Crippen LogP) is 3.83. The van der Waals surface area contributed by atoms with Crippen LogP contribution in [0.5, 0.6) is 5.75 Å². The minimum Gasteiger partial charge on any atom is -0.489 e. The summed E-state index contributed by atoms with van der Waals surface area (Å²) in [4.78, 5) is 0. The molecular weight excluding hydrogens is 295 g/mol. The topological polar surface area (TPSA) is 44.5 Å². The molecule has 0 spiro atoms. The summed E-state index contributed by atoms with van der Waals surface area (Å²) in [5.74, 6) is 0.431. The predicted molar refractivity (Wildman–Crippen MR) is 76.9 cm³/mol. The first-order valence-corrected chi connectivity index (χ1v) is 6.70. The molecule has 3 nitrogen and oxygen atoms in total. The molecule has 0 atom stereocenters. The Morgan fingerprint density at radius 3 is 2.73 bits per heavy atom. The molecule has 0 aliphatic heterocycles. The van der Waals surface area contributed by atoms with Crippen molar-refractivity contribution in [3.05, 3.63) is 65.5 Å². The first-order chi connectivity index (χ1) is 10.5. The molecule has 0 saturated heterocycles. The third-order valence-corrected chi connectivity index (χ3v) is 2.94. The number of alkyl halides is 3. The number of rotatable bonds is 5. The highest BCUT2D eigenvalue weighted by atomic mass is 19.4. The molecule has 2 N–H and O–H groups in total. The largest absolute Gasteiger partial charge is 0.573 e. The normalized spacial score (nSPS) is 14.9. The van der Waals surface area contributed by atoms with E-state index in [0.717, 1.165) is 11.1 Å². The molecule has 0 radical (unpaired) electrons. The molecule has 0 unspecified atom stereocenters. The number of hydrogen-bond acceptors (Lipinski definition) is 3. The third kappa shape index (κ3) is 5.29. The molecule has 0 saturated carbocycles. The van der Waals surface area contributed by atoms with Crippen molar-refractivity contribution in [2.24, 2.45) is 5.73 Å². The second-order valence-electron chi connectivity index (χ2n) is 4.69. The highest BCUT2D eigenvalue weighted by Gasteiger charge is 2.31. The molecule has 0 amide bonds. The molecule has 1 aliphatic carbocycles. The molecule has 0 fully saturated rings. The zero-order chi connectivity index (χ0) is 16.0. The molecule has 0 bridgehead atoms. The second kappa shape index (κ2) is 7.17. The number of hydrogen-bond donors (Lipinski definition) is 1. The zero-order valence-corrected chi connectivity index (χ0v) is 11.8. The fourth-order valence-corrected chi connectivity index (χ4v) is 1.90. The van der Waals surface area contributed by atoms with Crippen LogP contribution in [0.4, 0.5) is 13.2 Å². The van der Waals surface area contributed by atoms with Crippen molar-refractivity contribution in [2.45, 2.75) is 19.3 Å². The summed E-state index contributed by atoms with van der Waals surface area (Å²) < 4.78 is 46.0. The first kappa shape index (κ1) is 16.2. The SMILES string of the molecule is NCc1cccc(OCC2=CC=C(OC(F)(F)F)C=CC2)c1. The van der Waals surface area contributed by atoms with Crippen LogP contribution in [0.2, 0.25) is 0 Å². The summed E-state index contributed by atoms with van der Waals surface area (Å²) in [5.41, 5.74) is 7.35. The van der Waals surface area contributed by atoms with Gasteiger partial charge in [-0.3, -0.25) is 0 Å². The summed E-state index contributed by atoms with van der Waals surface area (Å²) in [5, 5.41) is 0. The highest BCUT2D eigenvalue weighted by molar-refractivity contribution is 5.31. The van der Waals surface area contributed by atoms with Crippen LogP contribution >= 0.6 is 0 Å². The summed E-state index contributed by atoms with van der Waals surface area (Å²) in [6.45, 7) is 0.706. The standard InChI is InChI=1S/C16H16F3NO2/c17-16(18,19)22-14-5-1-3-12(7-8-14)11-21-15-6-2-4-13(9-15)10-20/h1-2,4-9H,3,10-11,20H2. The van der Waals surface area contributed by atoms with Gasteiger partial charge in [-0.05, 0) is 41.8 Å². The quantitative estimate of drug-likeness (QED) is 0.899.